The Labute approximate surface area is 128 Å². The van der Waals surface area contributed by atoms with Crippen molar-refractivity contribution >= 4 is 23.2 Å². The molecule has 0 aliphatic rings. The molecule has 4 nitrogen and oxygen atoms in total. The third-order valence-corrected chi connectivity index (χ3v) is 3.22. The van der Waals surface area contributed by atoms with Gasteiger partial charge in [-0.1, -0.05) is 41.9 Å². The van der Waals surface area contributed by atoms with Crippen LogP contribution in [-0.2, 0) is 4.79 Å². The van der Waals surface area contributed by atoms with E-state index in [1.165, 1.54) is 0 Å². The van der Waals surface area contributed by atoms with Gasteiger partial charge in [0.2, 0.25) is 5.91 Å². The summed E-state index contributed by atoms with van der Waals surface area (Å²) in [6, 6.07) is 15.8. The van der Waals surface area contributed by atoms with Gasteiger partial charge in [-0.25, -0.2) is 0 Å². The molecule has 5 heteroatoms. The van der Waals surface area contributed by atoms with Gasteiger partial charge < -0.3 is 10.4 Å². The molecule has 0 aliphatic heterocycles. The second-order valence-electron chi connectivity index (χ2n) is 4.52. The molecule has 2 aromatic rings. The third-order valence-electron chi connectivity index (χ3n) is 2.97. The maximum atomic E-state index is 12.4. The summed E-state index contributed by atoms with van der Waals surface area (Å²) in [5.74, 6) is -0.183. The molecule has 2 rings (SSSR count). The number of hydrogen-bond donors (Lipinski definition) is 3. The first kappa shape index (κ1) is 15.5. The lowest BCUT2D eigenvalue weighted by atomic mass is 10.1. The average Bonchev–Trinajstić information content (AvgIpc) is 2.51. The quantitative estimate of drug-likeness (QED) is 0.769. The normalized spacial score (nSPS) is 11.9. The molecule has 0 saturated carbocycles. The highest BCUT2D eigenvalue weighted by molar-refractivity contribution is 6.30. The summed E-state index contributed by atoms with van der Waals surface area (Å²) in [5, 5.41) is 15.4. The van der Waals surface area contributed by atoms with Gasteiger partial charge in [-0.3, -0.25) is 10.1 Å². The molecule has 2 aromatic carbocycles. The number of nitrogens with one attached hydrogen (secondary N) is 2. The zero-order valence-corrected chi connectivity index (χ0v) is 12.2. The van der Waals surface area contributed by atoms with Crippen molar-refractivity contribution < 1.29 is 9.90 Å². The molecule has 3 N–H and O–H groups in total. The molecule has 0 bridgehead atoms. The molecular formula is C16H17ClN2O2. The van der Waals surface area contributed by atoms with Crippen LogP contribution < -0.4 is 10.6 Å². The minimum absolute atomic E-state index is 0.0302. The Hall–Kier alpha value is -1.88. The number of aliphatic hydroxyl groups excluding tert-OH is 1. The van der Waals surface area contributed by atoms with E-state index in [1.807, 2.05) is 30.3 Å². The van der Waals surface area contributed by atoms with E-state index in [-0.39, 0.29) is 12.5 Å². The van der Waals surface area contributed by atoms with Crippen molar-refractivity contribution in [1.82, 2.24) is 5.32 Å². The summed E-state index contributed by atoms with van der Waals surface area (Å²) < 4.78 is 0. The maximum absolute atomic E-state index is 12.4. The van der Waals surface area contributed by atoms with Crippen LogP contribution in [0.1, 0.15) is 11.6 Å². The maximum Gasteiger partial charge on any atom is 0.246 e. The Morgan fingerprint density at radius 1 is 1.10 bits per heavy atom. The fourth-order valence-electron chi connectivity index (χ4n) is 1.96. The second kappa shape index (κ2) is 7.78. The van der Waals surface area contributed by atoms with Gasteiger partial charge in [-0.15, -0.1) is 0 Å². The fraction of sp³-hybridized carbons (Fsp3) is 0.188. The Balaban J connectivity index is 2.12. The van der Waals surface area contributed by atoms with Gasteiger partial charge in [0.15, 0.2) is 0 Å². The van der Waals surface area contributed by atoms with E-state index in [0.717, 1.165) is 5.56 Å². The molecule has 0 unspecified atom stereocenters. The number of hydrogen-bond acceptors (Lipinski definition) is 3. The molecule has 1 atom stereocenters. The smallest absolute Gasteiger partial charge is 0.246 e. The van der Waals surface area contributed by atoms with Gasteiger partial charge in [-0.05, 0) is 29.8 Å². The number of aliphatic hydroxyl groups is 1. The van der Waals surface area contributed by atoms with Gasteiger partial charge in [0.1, 0.15) is 6.04 Å². The summed E-state index contributed by atoms with van der Waals surface area (Å²) in [4.78, 5) is 12.4. The van der Waals surface area contributed by atoms with Crippen LogP contribution in [0.2, 0.25) is 5.02 Å². The highest BCUT2D eigenvalue weighted by Crippen LogP contribution is 2.17. The monoisotopic (exact) mass is 304 g/mol. The highest BCUT2D eigenvalue weighted by atomic mass is 35.5. The van der Waals surface area contributed by atoms with Gasteiger partial charge in [0, 0.05) is 17.3 Å². The van der Waals surface area contributed by atoms with Crippen molar-refractivity contribution in [2.75, 3.05) is 18.5 Å². The lowest BCUT2D eigenvalue weighted by Crippen LogP contribution is -2.34. The van der Waals surface area contributed by atoms with Crippen molar-refractivity contribution in [1.29, 1.82) is 0 Å². The SMILES string of the molecule is O=C(Nc1ccc(Cl)cc1)[C@H](NCCO)c1ccccc1. The number of anilines is 1. The molecule has 0 heterocycles. The van der Waals surface area contributed by atoms with Crippen LogP contribution in [0.15, 0.2) is 54.6 Å². The van der Waals surface area contributed by atoms with Crippen LogP contribution in [-0.4, -0.2) is 24.2 Å². The topological polar surface area (TPSA) is 61.4 Å². The van der Waals surface area contributed by atoms with Gasteiger partial charge in [-0.2, -0.15) is 0 Å². The molecule has 0 aliphatic carbocycles. The summed E-state index contributed by atoms with van der Waals surface area (Å²) in [7, 11) is 0. The minimum atomic E-state index is -0.519. The van der Waals surface area contributed by atoms with Crippen LogP contribution in [0, 0.1) is 0 Å². The minimum Gasteiger partial charge on any atom is -0.395 e. The number of benzene rings is 2. The summed E-state index contributed by atoms with van der Waals surface area (Å²) in [6.45, 7) is 0.311. The van der Waals surface area contributed by atoms with Crippen LogP contribution in [0.25, 0.3) is 0 Å². The summed E-state index contributed by atoms with van der Waals surface area (Å²) >= 11 is 5.82. The highest BCUT2D eigenvalue weighted by Gasteiger charge is 2.19. The number of carbonyl (C=O) groups excluding carboxylic acids is 1. The number of halogens is 1. The molecule has 1 amide bonds. The standard InChI is InChI=1S/C16H17ClN2O2/c17-13-6-8-14(9-7-13)19-16(21)15(18-10-11-20)12-4-2-1-3-5-12/h1-9,15,18,20H,10-11H2,(H,19,21)/t15-/m1/s1. The van der Waals surface area contributed by atoms with Crippen LogP contribution in [0.4, 0.5) is 5.69 Å². The molecule has 0 saturated heterocycles. The lowest BCUT2D eigenvalue weighted by Gasteiger charge is -2.18. The Morgan fingerprint density at radius 2 is 1.76 bits per heavy atom. The number of amides is 1. The lowest BCUT2D eigenvalue weighted by molar-refractivity contribution is -0.118. The van der Waals surface area contributed by atoms with E-state index in [2.05, 4.69) is 10.6 Å². The van der Waals surface area contributed by atoms with Crippen molar-refractivity contribution in [2.24, 2.45) is 0 Å². The molecule has 21 heavy (non-hydrogen) atoms. The Kier molecular flexibility index (Phi) is 5.75. The summed E-state index contributed by atoms with van der Waals surface area (Å²) in [6.07, 6.45) is 0. The zero-order chi connectivity index (χ0) is 15.1. The zero-order valence-electron chi connectivity index (χ0n) is 11.4. The van der Waals surface area contributed by atoms with Gasteiger partial charge >= 0.3 is 0 Å². The first-order valence-electron chi connectivity index (χ1n) is 6.66. The van der Waals surface area contributed by atoms with E-state index in [1.54, 1.807) is 24.3 Å². The Bertz CT molecular complexity index is 573. The van der Waals surface area contributed by atoms with E-state index in [0.29, 0.717) is 17.3 Å². The second-order valence-corrected chi connectivity index (χ2v) is 4.95. The molecule has 0 fully saturated rings. The summed E-state index contributed by atoms with van der Waals surface area (Å²) in [5.41, 5.74) is 1.52. The van der Waals surface area contributed by atoms with E-state index >= 15 is 0 Å². The molecular weight excluding hydrogens is 288 g/mol. The van der Waals surface area contributed by atoms with Crippen LogP contribution >= 0.6 is 11.6 Å². The molecule has 0 aromatic heterocycles. The molecule has 0 radical (unpaired) electrons. The first-order valence-corrected chi connectivity index (χ1v) is 7.04. The van der Waals surface area contributed by atoms with E-state index < -0.39 is 6.04 Å². The van der Waals surface area contributed by atoms with Crippen molar-refractivity contribution in [3.8, 4) is 0 Å². The van der Waals surface area contributed by atoms with Crippen LogP contribution in [0.3, 0.4) is 0 Å². The molecule has 110 valence electrons. The van der Waals surface area contributed by atoms with Crippen LogP contribution in [0.5, 0.6) is 0 Å². The van der Waals surface area contributed by atoms with E-state index in [9.17, 15) is 4.79 Å². The Morgan fingerprint density at radius 3 is 2.38 bits per heavy atom. The van der Waals surface area contributed by atoms with Gasteiger partial charge in [0.05, 0.1) is 6.61 Å². The van der Waals surface area contributed by atoms with Gasteiger partial charge in [0.25, 0.3) is 0 Å². The largest absolute Gasteiger partial charge is 0.395 e. The predicted molar refractivity (Wildman–Crippen MR) is 84.4 cm³/mol. The number of carbonyl (C=O) groups is 1. The average molecular weight is 305 g/mol. The predicted octanol–water partition coefficient (Wildman–Crippen LogP) is 2.60. The molecule has 0 spiro atoms. The van der Waals surface area contributed by atoms with Crippen molar-refractivity contribution in [3.63, 3.8) is 0 Å². The van der Waals surface area contributed by atoms with Crippen molar-refractivity contribution in [3.05, 3.63) is 65.2 Å². The third kappa shape index (κ3) is 4.56. The van der Waals surface area contributed by atoms with Crippen molar-refractivity contribution in [2.45, 2.75) is 6.04 Å². The number of rotatable bonds is 6. The first-order chi connectivity index (χ1) is 10.2. The fourth-order valence-corrected chi connectivity index (χ4v) is 2.09. The van der Waals surface area contributed by atoms with E-state index in [4.69, 9.17) is 16.7 Å².